The van der Waals surface area contributed by atoms with Gasteiger partial charge in [0.1, 0.15) is 0 Å². The van der Waals surface area contributed by atoms with Crippen molar-refractivity contribution in [2.75, 3.05) is 5.32 Å². The summed E-state index contributed by atoms with van der Waals surface area (Å²) in [4.78, 5) is 14.8. The minimum absolute atomic E-state index is 0.158. The van der Waals surface area contributed by atoms with Gasteiger partial charge in [-0.3, -0.25) is 4.79 Å². The number of nitrogens with one attached hydrogen (secondary N) is 1. The Labute approximate surface area is 116 Å². The van der Waals surface area contributed by atoms with Gasteiger partial charge in [-0.05, 0) is 42.3 Å². The predicted octanol–water partition coefficient (Wildman–Crippen LogP) is 4.06. The van der Waals surface area contributed by atoms with E-state index in [1.54, 1.807) is 18.2 Å². The highest BCUT2D eigenvalue weighted by Crippen LogP contribution is 2.13. The van der Waals surface area contributed by atoms with Gasteiger partial charge in [0.2, 0.25) is 0 Å². The van der Waals surface area contributed by atoms with E-state index in [2.05, 4.69) is 15.3 Å². The summed E-state index contributed by atoms with van der Waals surface area (Å²) < 4.78 is 0. The molecule has 0 aliphatic rings. The molecule has 0 bridgehead atoms. The highest BCUT2D eigenvalue weighted by Gasteiger charge is 2.06. The molecule has 2 aromatic carbocycles. The van der Waals surface area contributed by atoms with Gasteiger partial charge in [-0.1, -0.05) is 34.9 Å². The summed E-state index contributed by atoms with van der Waals surface area (Å²) in [6, 6.07) is 14.6. The molecule has 0 spiro atoms. The van der Waals surface area contributed by atoms with Crippen LogP contribution in [0, 0.1) is 6.92 Å². The SMILES string of the molecule is Cc1cccc(C(=O)Nc2cccc(CN=[N+]=[N-])c2)c1. The number of hydrogen-bond acceptors (Lipinski definition) is 2. The molecule has 2 rings (SSSR count). The lowest BCUT2D eigenvalue weighted by molar-refractivity contribution is 0.102. The number of benzene rings is 2. The topological polar surface area (TPSA) is 77.9 Å². The van der Waals surface area contributed by atoms with Crippen molar-refractivity contribution < 1.29 is 4.79 Å². The molecule has 0 aliphatic carbocycles. The maximum atomic E-state index is 12.1. The zero-order valence-electron chi connectivity index (χ0n) is 11.1. The van der Waals surface area contributed by atoms with Gasteiger partial charge in [-0.25, -0.2) is 0 Å². The Bertz CT molecular complexity index is 675. The van der Waals surface area contributed by atoms with Gasteiger partial charge in [0.05, 0.1) is 6.54 Å². The lowest BCUT2D eigenvalue weighted by atomic mass is 10.1. The third-order valence-corrected chi connectivity index (χ3v) is 2.78. The molecule has 20 heavy (non-hydrogen) atoms. The van der Waals surface area contributed by atoms with Crippen LogP contribution in [0.1, 0.15) is 21.5 Å². The Hall–Kier alpha value is -2.78. The Morgan fingerprint density at radius 2 is 2.05 bits per heavy atom. The van der Waals surface area contributed by atoms with E-state index in [0.717, 1.165) is 11.1 Å². The van der Waals surface area contributed by atoms with Crippen LogP contribution in [-0.4, -0.2) is 5.91 Å². The number of carbonyl (C=O) groups excluding carboxylic acids is 1. The quantitative estimate of drug-likeness (QED) is 0.505. The van der Waals surface area contributed by atoms with E-state index in [0.29, 0.717) is 11.3 Å². The number of rotatable bonds is 4. The minimum atomic E-state index is -0.158. The molecule has 5 nitrogen and oxygen atoms in total. The zero-order valence-corrected chi connectivity index (χ0v) is 11.1. The number of aryl methyl sites for hydroxylation is 1. The number of anilines is 1. The molecule has 1 amide bonds. The van der Waals surface area contributed by atoms with Crippen LogP contribution in [0.5, 0.6) is 0 Å². The highest BCUT2D eigenvalue weighted by atomic mass is 16.1. The lowest BCUT2D eigenvalue weighted by Crippen LogP contribution is -2.12. The number of nitrogens with zero attached hydrogens (tertiary/aromatic N) is 3. The van der Waals surface area contributed by atoms with E-state index in [-0.39, 0.29) is 12.5 Å². The van der Waals surface area contributed by atoms with Crippen LogP contribution in [0.4, 0.5) is 5.69 Å². The third kappa shape index (κ3) is 3.60. The van der Waals surface area contributed by atoms with Crippen LogP contribution < -0.4 is 5.32 Å². The molecule has 100 valence electrons. The van der Waals surface area contributed by atoms with E-state index in [4.69, 9.17) is 5.53 Å². The fourth-order valence-electron chi connectivity index (χ4n) is 1.85. The summed E-state index contributed by atoms with van der Waals surface area (Å²) >= 11 is 0. The number of carbonyl (C=O) groups is 1. The Morgan fingerprint density at radius 3 is 2.80 bits per heavy atom. The molecule has 0 heterocycles. The monoisotopic (exact) mass is 266 g/mol. The van der Waals surface area contributed by atoms with Gasteiger partial charge in [-0.2, -0.15) is 0 Å². The van der Waals surface area contributed by atoms with Gasteiger partial charge in [0, 0.05) is 16.2 Å². The Morgan fingerprint density at radius 1 is 1.25 bits per heavy atom. The number of azide groups is 1. The number of amides is 1. The van der Waals surface area contributed by atoms with Crippen molar-refractivity contribution in [1.29, 1.82) is 0 Å². The fraction of sp³-hybridized carbons (Fsp3) is 0.133. The van der Waals surface area contributed by atoms with E-state index in [1.165, 1.54) is 0 Å². The molecular weight excluding hydrogens is 252 g/mol. The molecule has 0 fully saturated rings. The molecule has 0 radical (unpaired) electrons. The van der Waals surface area contributed by atoms with Gasteiger partial charge < -0.3 is 5.32 Å². The van der Waals surface area contributed by atoms with Crippen molar-refractivity contribution in [3.8, 4) is 0 Å². The normalized spacial score (nSPS) is 9.65. The lowest BCUT2D eigenvalue weighted by Gasteiger charge is -2.07. The number of hydrogen-bond donors (Lipinski definition) is 1. The standard InChI is InChI=1S/C15H14N4O/c1-11-4-2-6-13(8-11)15(20)18-14-7-3-5-12(9-14)10-17-19-16/h2-9H,10H2,1H3,(H,18,20). The summed E-state index contributed by atoms with van der Waals surface area (Å²) in [7, 11) is 0. The second-order valence-electron chi connectivity index (χ2n) is 4.41. The highest BCUT2D eigenvalue weighted by molar-refractivity contribution is 6.04. The van der Waals surface area contributed by atoms with Crippen LogP contribution in [0.2, 0.25) is 0 Å². The smallest absolute Gasteiger partial charge is 0.255 e. The molecule has 0 atom stereocenters. The maximum Gasteiger partial charge on any atom is 0.255 e. The van der Waals surface area contributed by atoms with E-state index in [1.807, 2.05) is 37.3 Å². The molecule has 0 aliphatic heterocycles. The molecule has 0 saturated heterocycles. The molecule has 0 aromatic heterocycles. The molecule has 2 aromatic rings. The first kappa shape index (κ1) is 13.6. The van der Waals surface area contributed by atoms with E-state index < -0.39 is 0 Å². The first-order chi connectivity index (χ1) is 9.69. The van der Waals surface area contributed by atoms with Crippen LogP contribution in [0.15, 0.2) is 53.6 Å². The molecular formula is C15H14N4O. The average Bonchev–Trinajstić information content (AvgIpc) is 2.45. The van der Waals surface area contributed by atoms with Crippen LogP contribution in [-0.2, 0) is 6.54 Å². The third-order valence-electron chi connectivity index (χ3n) is 2.78. The summed E-state index contributed by atoms with van der Waals surface area (Å²) in [5.74, 6) is -0.158. The van der Waals surface area contributed by atoms with Gasteiger partial charge in [0.15, 0.2) is 0 Å². The first-order valence-corrected chi connectivity index (χ1v) is 6.17. The molecule has 0 saturated carbocycles. The second-order valence-corrected chi connectivity index (χ2v) is 4.41. The van der Waals surface area contributed by atoms with Crippen LogP contribution in [0.3, 0.4) is 0 Å². The molecule has 5 heteroatoms. The summed E-state index contributed by atoms with van der Waals surface area (Å²) in [5, 5.41) is 6.33. The van der Waals surface area contributed by atoms with Crippen molar-refractivity contribution in [1.82, 2.24) is 0 Å². The average molecular weight is 266 g/mol. The van der Waals surface area contributed by atoms with Crippen molar-refractivity contribution in [2.24, 2.45) is 5.11 Å². The van der Waals surface area contributed by atoms with Crippen molar-refractivity contribution in [3.63, 3.8) is 0 Å². The Kier molecular flexibility index (Phi) is 4.37. The summed E-state index contributed by atoms with van der Waals surface area (Å²) in [6.45, 7) is 2.21. The van der Waals surface area contributed by atoms with Crippen molar-refractivity contribution in [2.45, 2.75) is 13.5 Å². The van der Waals surface area contributed by atoms with E-state index >= 15 is 0 Å². The summed E-state index contributed by atoms with van der Waals surface area (Å²) in [5.41, 5.74) is 11.5. The predicted molar refractivity (Wildman–Crippen MR) is 78.4 cm³/mol. The molecule has 1 N–H and O–H groups in total. The zero-order chi connectivity index (χ0) is 14.4. The van der Waals surface area contributed by atoms with Crippen molar-refractivity contribution >= 4 is 11.6 Å². The fourth-order valence-corrected chi connectivity index (χ4v) is 1.85. The Balaban J connectivity index is 2.13. The maximum absolute atomic E-state index is 12.1. The van der Waals surface area contributed by atoms with Gasteiger partial charge in [0.25, 0.3) is 5.91 Å². The summed E-state index contributed by atoms with van der Waals surface area (Å²) in [6.07, 6.45) is 0. The second kappa shape index (κ2) is 6.41. The first-order valence-electron chi connectivity index (χ1n) is 6.17. The largest absolute Gasteiger partial charge is 0.322 e. The minimum Gasteiger partial charge on any atom is -0.322 e. The van der Waals surface area contributed by atoms with Crippen LogP contribution in [0.25, 0.3) is 10.4 Å². The van der Waals surface area contributed by atoms with E-state index in [9.17, 15) is 4.79 Å². The van der Waals surface area contributed by atoms with Crippen LogP contribution >= 0.6 is 0 Å². The van der Waals surface area contributed by atoms with Crippen molar-refractivity contribution in [3.05, 3.63) is 75.7 Å². The van der Waals surface area contributed by atoms with Gasteiger partial charge >= 0.3 is 0 Å². The van der Waals surface area contributed by atoms with Gasteiger partial charge in [-0.15, -0.1) is 0 Å². The molecule has 0 unspecified atom stereocenters.